The van der Waals surface area contributed by atoms with Gasteiger partial charge in [-0.05, 0) is 11.6 Å². The van der Waals surface area contributed by atoms with E-state index in [1.807, 2.05) is 12.1 Å². The summed E-state index contributed by atoms with van der Waals surface area (Å²) in [5.74, 6) is 1.32. The van der Waals surface area contributed by atoms with Crippen LogP contribution in [0.15, 0.2) is 30.6 Å². The minimum atomic E-state index is 0.0559. The SMILES string of the molecule is NC[C@H]1Cc2cccc(-c3cc(N)ncn3)c2O1. The molecular formula is C13H14N4O. The lowest BCUT2D eigenvalue weighted by atomic mass is 10.0. The molecule has 5 nitrogen and oxygen atoms in total. The molecule has 2 heterocycles. The number of nitrogen functional groups attached to an aromatic ring is 1. The predicted molar refractivity (Wildman–Crippen MR) is 69.1 cm³/mol. The first-order chi connectivity index (χ1) is 8.78. The van der Waals surface area contributed by atoms with Gasteiger partial charge in [-0.2, -0.15) is 0 Å². The summed E-state index contributed by atoms with van der Waals surface area (Å²) in [6.45, 7) is 0.514. The lowest BCUT2D eigenvalue weighted by Gasteiger charge is -2.10. The number of benzene rings is 1. The number of ether oxygens (including phenoxy) is 1. The third-order valence-electron chi connectivity index (χ3n) is 3.06. The van der Waals surface area contributed by atoms with E-state index in [1.54, 1.807) is 6.07 Å². The van der Waals surface area contributed by atoms with E-state index in [0.717, 1.165) is 23.4 Å². The second-order valence-corrected chi connectivity index (χ2v) is 4.30. The van der Waals surface area contributed by atoms with Crippen LogP contribution < -0.4 is 16.2 Å². The first-order valence-corrected chi connectivity index (χ1v) is 5.84. The summed E-state index contributed by atoms with van der Waals surface area (Å²) in [7, 11) is 0. The number of anilines is 1. The number of para-hydroxylation sites is 1. The lowest BCUT2D eigenvalue weighted by Crippen LogP contribution is -2.24. The van der Waals surface area contributed by atoms with Crippen LogP contribution in [0.2, 0.25) is 0 Å². The topological polar surface area (TPSA) is 87.1 Å². The Kier molecular flexibility index (Phi) is 2.60. The standard InChI is InChI=1S/C13H14N4O/c14-6-9-4-8-2-1-3-10(13(8)18-9)11-5-12(15)17-7-16-11/h1-3,5,7,9H,4,6,14H2,(H2,15,16,17)/t9-/m1/s1. The number of fused-ring (bicyclic) bond motifs is 1. The van der Waals surface area contributed by atoms with Gasteiger partial charge in [-0.25, -0.2) is 9.97 Å². The molecule has 18 heavy (non-hydrogen) atoms. The Morgan fingerprint density at radius 3 is 3.00 bits per heavy atom. The van der Waals surface area contributed by atoms with Crippen LogP contribution in [-0.4, -0.2) is 22.6 Å². The predicted octanol–water partition coefficient (Wildman–Crippen LogP) is 0.988. The molecule has 3 rings (SSSR count). The third kappa shape index (κ3) is 1.78. The van der Waals surface area contributed by atoms with Crippen LogP contribution in [0.5, 0.6) is 5.75 Å². The van der Waals surface area contributed by atoms with E-state index in [4.69, 9.17) is 16.2 Å². The molecule has 0 saturated heterocycles. The van der Waals surface area contributed by atoms with Gasteiger partial charge >= 0.3 is 0 Å². The quantitative estimate of drug-likeness (QED) is 0.820. The van der Waals surface area contributed by atoms with Crippen LogP contribution >= 0.6 is 0 Å². The molecule has 0 spiro atoms. The van der Waals surface area contributed by atoms with Gasteiger partial charge in [-0.1, -0.05) is 12.1 Å². The minimum absolute atomic E-state index is 0.0559. The van der Waals surface area contributed by atoms with E-state index in [0.29, 0.717) is 12.4 Å². The maximum atomic E-state index is 5.86. The van der Waals surface area contributed by atoms with Crippen molar-refractivity contribution in [3.63, 3.8) is 0 Å². The van der Waals surface area contributed by atoms with Crippen molar-refractivity contribution in [2.45, 2.75) is 12.5 Å². The Labute approximate surface area is 105 Å². The Morgan fingerprint density at radius 2 is 2.22 bits per heavy atom. The van der Waals surface area contributed by atoms with E-state index in [9.17, 15) is 0 Å². The number of aromatic nitrogens is 2. The summed E-state index contributed by atoms with van der Waals surface area (Å²) in [6, 6.07) is 7.77. The van der Waals surface area contributed by atoms with Gasteiger partial charge in [0.05, 0.1) is 5.69 Å². The molecule has 0 saturated carbocycles. The molecule has 4 N–H and O–H groups in total. The average Bonchev–Trinajstić information content (AvgIpc) is 2.81. The number of hydrogen-bond acceptors (Lipinski definition) is 5. The highest BCUT2D eigenvalue weighted by Gasteiger charge is 2.24. The van der Waals surface area contributed by atoms with Gasteiger partial charge < -0.3 is 16.2 Å². The maximum Gasteiger partial charge on any atom is 0.132 e. The van der Waals surface area contributed by atoms with E-state index < -0.39 is 0 Å². The molecule has 0 fully saturated rings. The molecule has 1 aliphatic rings. The smallest absolute Gasteiger partial charge is 0.132 e. The molecule has 1 aliphatic heterocycles. The van der Waals surface area contributed by atoms with Crippen LogP contribution in [0.25, 0.3) is 11.3 Å². The fourth-order valence-electron chi connectivity index (χ4n) is 2.19. The van der Waals surface area contributed by atoms with E-state index >= 15 is 0 Å². The van der Waals surface area contributed by atoms with Crippen LogP contribution in [0.3, 0.4) is 0 Å². The van der Waals surface area contributed by atoms with Gasteiger partial charge in [0.15, 0.2) is 0 Å². The summed E-state index contributed by atoms with van der Waals surface area (Å²) >= 11 is 0. The van der Waals surface area contributed by atoms with Crippen molar-refractivity contribution < 1.29 is 4.74 Å². The summed E-state index contributed by atoms with van der Waals surface area (Å²) < 4.78 is 5.86. The molecule has 0 amide bonds. The lowest BCUT2D eigenvalue weighted by molar-refractivity contribution is 0.242. The van der Waals surface area contributed by atoms with Crippen LogP contribution in [0.4, 0.5) is 5.82 Å². The number of hydrogen-bond donors (Lipinski definition) is 2. The molecule has 0 aliphatic carbocycles. The summed E-state index contributed by atoms with van der Waals surface area (Å²) in [6.07, 6.45) is 2.36. The largest absolute Gasteiger partial charge is 0.488 e. The Morgan fingerprint density at radius 1 is 1.33 bits per heavy atom. The van der Waals surface area contributed by atoms with E-state index in [-0.39, 0.29) is 6.10 Å². The van der Waals surface area contributed by atoms with Crippen molar-refractivity contribution in [1.82, 2.24) is 9.97 Å². The van der Waals surface area contributed by atoms with Crippen molar-refractivity contribution in [2.24, 2.45) is 5.73 Å². The monoisotopic (exact) mass is 242 g/mol. The zero-order valence-corrected chi connectivity index (χ0v) is 9.84. The van der Waals surface area contributed by atoms with Gasteiger partial charge in [0.25, 0.3) is 0 Å². The zero-order valence-electron chi connectivity index (χ0n) is 9.84. The summed E-state index contributed by atoms with van der Waals surface area (Å²) in [4.78, 5) is 8.13. The first kappa shape index (κ1) is 11.0. The Balaban J connectivity index is 2.08. The fourth-order valence-corrected chi connectivity index (χ4v) is 2.19. The van der Waals surface area contributed by atoms with Crippen LogP contribution in [-0.2, 0) is 6.42 Å². The Hall–Kier alpha value is -2.14. The third-order valence-corrected chi connectivity index (χ3v) is 3.06. The molecule has 92 valence electrons. The minimum Gasteiger partial charge on any atom is -0.488 e. The molecule has 1 atom stereocenters. The fraction of sp³-hybridized carbons (Fsp3) is 0.231. The number of rotatable bonds is 2. The molecular weight excluding hydrogens is 228 g/mol. The van der Waals surface area contributed by atoms with Gasteiger partial charge in [0, 0.05) is 24.6 Å². The summed E-state index contributed by atoms with van der Waals surface area (Å²) in [5, 5.41) is 0. The van der Waals surface area contributed by atoms with E-state index in [2.05, 4.69) is 16.0 Å². The van der Waals surface area contributed by atoms with E-state index in [1.165, 1.54) is 11.9 Å². The number of nitrogens with zero attached hydrogens (tertiary/aromatic N) is 2. The van der Waals surface area contributed by atoms with Crippen molar-refractivity contribution in [3.05, 3.63) is 36.2 Å². The van der Waals surface area contributed by atoms with Crippen molar-refractivity contribution in [2.75, 3.05) is 12.3 Å². The highest BCUT2D eigenvalue weighted by atomic mass is 16.5. The van der Waals surface area contributed by atoms with Crippen molar-refractivity contribution >= 4 is 5.82 Å². The van der Waals surface area contributed by atoms with Gasteiger partial charge in [-0.15, -0.1) is 0 Å². The summed E-state index contributed by atoms with van der Waals surface area (Å²) in [5.41, 5.74) is 14.2. The molecule has 0 radical (unpaired) electrons. The zero-order chi connectivity index (χ0) is 12.5. The number of nitrogens with two attached hydrogens (primary N) is 2. The second kappa shape index (κ2) is 4.27. The molecule has 1 aromatic heterocycles. The van der Waals surface area contributed by atoms with Gasteiger partial charge in [-0.3, -0.25) is 0 Å². The maximum absolute atomic E-state index is 5.86. The van der Waals surface area contributed by atoms with Crippen LogP contribution in [0, 0.1) is 0 Å². The molecule has 5 heteroatoms. The van der Waals surface area contributed by atoms with Crippen molar-refractivity contribution in [3.8, 4) is 17.0 Å². The second-order valence-electron chi connectivity index (χ2n) is 4.30. The van der Waals surface area contributed by atoms with Crippen LogP contribution in [0.1, 0.15) is 5.56 Å². The first-order valence-electron chi connectivity index (χ1n) is 5.84. The van der Waals surface area contributed by atoms with Gasteiger partial charge in [0.2, 0.25) is 0 Å². The highest BCUT2D eigenvalue weighted by Crippen LogP contribution is 2.37. The highest BCUT2D eigenvalue weighted by molar-refractivity contribution is 5.71. The molecule has 0 unspecified atom stereocenters. The normalized spacial score (nSPS) is 17.3. The van der Waals surface area contributed by atoms with Crippen molar-refractivity contribution in [1.29, 1.82) is 0 Å². The van der Waals surface area contributed by atoms with Gasteiger partial charge in [0.1, 0.15) is 24.0 Å². The Bertz CT molecular complexity index is 585. The molecule has 1 aromatic carbocycles. The average molecular weight is 242 g/mol. The molecule has 0 bridgehead atoms. The molecule has 2 aromatic rings.